The van der Waals surface area contributed by atoms with Crippen LogP contribution in [0.2, 0.25) is 0 Å². The highest BCUT2D eigenvalue weighted by Crippen LogP contribution is 2.61. The van der Waals surface area contributed by atoms with Gasteiger partial charge in [0, 0.05) is 22.0 Å². The van der Waals surface area contributed by atoms with Gasteiger partial charge < -0.3 is 10.1 Å². The highest BCUT2D eigenvalue weighted by atomic mass is 79.9. The highest BCUT2D eigenvalue weighted by molar-refractivity contribution is 9.10. The number of nitrogens with zero attached hydrogens (tertiary/aromatic N) is 1. The lowest BCUT2D eigenvalue weighted by atomic mass is 9.55. The van der Waals surface area contributed by atoms with E-state index in [-0.39, 0.29) is 30.1 Å². The van der Waals surface area contributed by atoms with Gasteiger partial charge in [-0.1, -0.05) is 84.2 Å². The quantitative estimate of drug-likeness (QED) is 0.260. The Bertz CT molecular complexity index is 1450. The molecule has 0 saturated carbocycles. The van der Waals surface area contributed by atoms with Gasteiger partial charge in [0.2, 0.25) is 11.8 Å². The molecule has 1 N–H and O–H groups in total. The first kappa shape index (κ1) is 27.4. The van der Waals surface area contributed by atoms with Gasteiger partial charge in [-0.25, -0.2) is 4.79 Å². The van der Waals surface area contributed by atoms with Gasteiger partial charge in [0.15, 0.2) is 6.61 Å². The molecule has 2 bridgehead atoms. The van der Waals surface area contributed by atoms with Crippen molar-refractivity contribution in [1.82, 2.24) is 4.90 Å². The van der Waals surface area contributed by atoms with E-state index in [1.165, 1.54) is 4.90 Å². The molecule has 1 aliphatic heterocycles. The number of rotatable bonds is 8. The molecule has 7 rings (SSSR count). The molecule has 1 saturated heterocycles. The summed E-state index contributed by atoms with van der Waals surface area (Å²) in [5.74, 6) is -3.52. The van der Waals surface area contributed by atoms with E-state index in [1.54, 1.807) is 6.07 Å². The molecule has 41 heavy (non-hydrogen) atoms. The van der Waals surface area contributed by atoms with E-state index < -0.39 is 36.4 Å². The Hall–Kier alpha value is -3.78. The van der Waals surface area contributed by atoms with Crippen molar-refractivity contribution in [2.75, 3.05) is 11.9 Å². The first-order valence-electron chi connectivity index (χ1n) is 14.1. The van der Waals surface area contributed by atoms with Gasteiger partial charge in [0.1, 0.15) is 6.04 Å². The van der Waals surface area contributed by atoms with E-state index in [0.717, 1.165) is 38.7 Å². The van der Waals surface area contributed by atoms with Crippen LogP contribution < -0.4 is 5.32 Å². The van der Waals surface area contributed by atoms with Crippen molar-refractivity contribution >= 4 is 45.3 Å². The number of aryl methyl sites for hydroxylation is 1. The van der Waals surface area contributed by atoms with Crippen LogP contribution >= 0.6 is 15.9 Å². The Balaban J connectivity index is 1.26. The monoisotopic (exact) mass is 614 g/mol. The van der Waals surface area contributed by atoms with Gasteiger partial charge in [-0.05, 0) is 59.4 Å². The number of unbranched alkanes of at least 4 members (excludes halogenated alkanes) is 1. The maximum absolute atomic E-state index is 14.1. The number of ether oxygens (including phenoxy) is 1. The van der Waals surface area contributed by atoms with Crippen molar-refractivity contribution in [1.29, 1.82) is 0 Å². The lowest BCUT2D eigenvalue weighted by Crippen LogP contribution is -2.47. The molecular formula is C33H31BrN2O5. The van der Waals surface area contributed by atoms with Crippen molar-refractivity contribution in [3.63, 3.8) is 0 Å². The molecule has 1 fully saturated rings. The minimum atomic E-state index is -1.08. The number of hydrogen-bond acceptors (Lipinski definition) is 5. The summed E-state index contributed by atoms with van der Waals surface area (Å²) in [6.07, 6.45) is 1.69. The van der Waals surface area contributed by atoms with Gasteiger partial charge in [0.25, 0.3) is 5.91 Å². The number of nitrogens with one attached hydrogen (secondary N) is 1. The Morgan fingerprint density at radius 1 is 0.902 bits per heavy atom. The van der Waals surface area contributed by atoms with Crippen molar-refractivity contribution in [3.05, 3.63) is 99.0 Å². The van der Waals surface area contributed by atoms with Crippen molar-refractivity contribution < 1.29 is 23.9 Å². The summed E-state index contributed by atoms with van der Waals surface area (Å²) in [6, 6.07) is 20.4. The minimum absolute atomic E-state index is 0.248. The van der Waals surface area contributed by atoms with Gasteiger partial charge in [-0.3, -0.25) is 19.3 Å². The molecular weight excluding hydrogens is 584 g/mol. The van der Waals surface area contributed by atoms with Crippen LogP contribution in [0, 0.1) is 18.8 Å². The Morgan fingerprint density at radius 3 is 1.93 bits per heavy atom. The van der Waals surface area contributed by atoms with Crippen LogP contribution in [0.4, 0.5) is 5.69 Å². The van der Waals surface area contributed by atoms with Crippen LogP contribution in [-0.2, 0) is 23.9 Å². The summed E-state index contributed by atoms with van der Waals surface area (Å²) >= 11 is 3.40. The lowest BCUT2D eigenvalue weighted by molar-refractivity contribution is -0.160. The van der Waals surface area contributed by atoms with Gasteiger partial charge in [-0.15, -0.1) is 0 Å². The number of amides is 3. The molecule has 3 amide bonds. The summed E-state index contributed by atoms with van der Waals surface area (Å²) in [5.41, 5.74) is 5.77. The molecule has 0 aromatic heterocycles. The molecule has 0 spiro atoms. The fourth-order valence-electron chi connectivity index (χ4n) is 6.94. The predicted octanol–water partition coefficient (Wildman–Crippen LogP) is 5.69. The average Bonchev–Trinajstić information content (AvgIpc) is 3.24. The second-order valence-corrected chi connectivity index (χ2v) is 12.0. The zero-order valence-electron chi connectivity index (χ0n) is 22.9. The number of hydrogen-bond donors (Lipinski definition) is 1. The van der Waals surface area contributed by atoms with E-state index in [4.69, 9.17) is 4.74 Å². The molecule has 3 aliphatic carbocycles. The maximum atomic E-state index is 14.1. The largest absolute Gasteiger partial charge is 0.454 e. The van der Waals surface area contributed by atoms with Crippen molar-refractivity contribution in [3.8, 4) is 0 Å². The van der Waals surface area contributed by atoms with E-state index in [2.05, 4.69) is 21.2 Å². The van der Waals surface area contributed by atoms with Gasteiger partial charge >= 0.3 is 5.97 Å². The molecule has 3 aromatic rings. The summed E-state index contributed by atoms with van der Waals surface area (Å²) in [6.45, 7) is 3.33. The number of benzene rings is 3. The van der Waals surface area contributed by atoms with Crippen molar-refractivity contribution in [2.24, 2.45) is 11.8 Å². The fraction of sp³-hybridized carbons (Fsp3) is 0.333. The van der Waals surface area contributed by atoms with Crippen LogP contribution in [0.1, 0.15) is 65.8 Å². The molecule has 1 heterocycles. The Morgan fingerprint density at radius 2 is 1.44 bits per heavy atom. The van der Waals surface area contributed by atoms with Crippen LogP contribution in [0.25, 0.3) is 0 Å². The second-order valence-electron chi connectivity index (χ2n) is 11.1. The SMILES string of the molecule is CCCC[C@@H](C(=O)OCC(=O)Nc1ccc(Br)cc1C)N1C(=O)[C@@H]2C3c4ccccc4C(c4ccccc43)[C@@H]2C1=O. The van der Waals surface area contributed by atoms with Crippen LogP contribution in [0.3, 0.4) is 0 Å². The molecule has 7 nitrogen and oxygen atoms in total. The Kier molecular flexibility index (Phi) is 7.28. The smallest absolute Gasteiger partial charge is 0.329 e. The van der Waals surface area contributed by atoms with Gasteiger partial charge in [0.05, 0.1) is 11.8 Å². The van der Waals surface area contributed by atoms with E-state index in [1.807, 2.05) is 74.5 Å². The number of esters is 1. The predicted molar refractivity (Wildman–Crippen MR) is 157 cm³/mol. The molecule has 0 radical (unpaired) electrons. The number of anilines is 1. The topological polar surface area (TPSA) is 92.8 Å². The summed E-state index contributed by atoms with van der Waals surface area (Å²) < 4.78 is 6.34. The minimum Gasteiger partial charge on any atom is -0.454 e. The van der Waals surface area contributed by atoms with Crippen LogP contribution in [0.15, 0.2) is 71.2 Å². The Labute approximate surface area is 247 Å². The number of likely N-dealkylation sites (tertiary alicyclic amines) is 1. The lowest BCUT2D eigenvalue weighted by Gasteiger charge is -2.45. The molecule has 8 heteroatoms. The average molecular weight is 616 g/mol. The molecule has 3 aromatic carbocycles. The first-order valence-corrected chi connectivity index (χ1v) is 14.9. The van der Waals surface area contributed by atoms with E-state index in [0.29, 0.717) is 12.1 Å². The number of carbonyl (C=O) groups is 4. The summed E-state index contributed by atoms with van der Waals surface area (Å²) in [5, 5.41) is 2.76. The normalized spacial score (nSPS) is 22.6. The fourth-order valence-corrected chi connectivity index (χ4v) is 7.42. The van der Waals surface area contributed by atoms with Crippen LogP contribution in [0.5, 0.6) is 0 Å². The second kappa shape index (κ2) is 10.9. The van der Waals surface area contributed by atoms with Crippen LogP contribution in [-0.4, -0.2) is 41.2 Å². The third kappa shape index (κ3) is 4.58. The third-order valence-electron chi connectivity index (χ3n) is 8.71. The van der Waals surface area contributed by atoms with Gasteiger partial charge in [-0.2, -0.15) is 0 Å². The zero-order valence-corrected chi connectivity index (χ0v) is 24.5. The maximum Gasteiger partial charge on any atom is 0.329 e. The first-order chi connectivity index (χ1) is 19.8. The number of imide groups is 1. The molecule has 0 unspecified atom stereocenters. The highest BCUT2D eigenvalue weighted by Gasteiger charge is 2.63. The summed E-state index contributed by atoms with van der Waals surface area (Å²) in [7, 11) is 0. The number of carbonyl (C=O) groups excluding carboxylic acids is 4. The summed E-state index contributed by atoms with van der Waals surface area (Å²) in [4.78, 5) is 55.5. The number of halogens is 1. The zero-order chi connectivity index (χ0) is 28.8. The third-order valence-corrected chi connectivity index (χ3v) is 9.20. The molecule has 3 atom stereocenters. The van der Waals surface area contributed by atoms with E-state index in [9.17, 15) is 19.2 Å². The van der Waals surface area contributed by atoms with Crippen molar-refractivity contribution in [2.45, 2.75) is 51.0 Å². The van der Waals surface area contributed by atoms with E-state index >= 15 is 0 Å². The molecule has 210 valence electrons. The standard InChI is InChI=1S/C33H31BrN2O5/c1-3-4-13-25(33(40)41-17-26(37)35-24-15-14-19(34)16-18(24)2)36-31(38)29-27-20-9-5-6-10-21(20)28(30(29)32(36)39)23-12-8-7-11-22(23)27/h5-12,14-16,25,27-30H,3-4,13,17H2,1-2H3,(H,35,37)/t25-,27?,28?,29-,30+/m0/s1. The molecule has 4 aliphatic rings.